The zero-order chi connectivity index (χ0) is 15.4. The van der Waals surface area contributed by atoms with Crippen LogP contribution in [0.15, 0.2) is 0 Å². The summed E-state index contributed by atoms with van der Waals surface area (Å²) in [6.45, 7) is 11.3. The van der Waals surface area contributed by atoms with Crippen LogP contribution in [0.1, 0.15) is 69.9 Å². The number of rotatable bonds is 9. The zero-order valence-corrected chi connectivity index (χ0v) is 15.1. The van der Waals surface area contributed by atoms with E-state index in [-0.39, 0.29) is 0 Å². The van der Waals surface area contributed by atoms with Crippen molar-refractivity contribution in [3.8, 4) is 0 Å². The molecule has 1 aliphatic carbocycles. The molecular formula is C17H31N3S. The number of hydrogen-bond donors (Lipinski definition) is 1. The predicted molar refractivity (Wildman–Crippen MR) is 93.4 cm³/mol. The van der Waals surface area contributed by atoms with E-state index < -0.39 is 0 Å². The summed E-state index contributed by atoms with van der Waals surface area (Å²) in [5, 5.41) is 4.56. The minimum Gasteiger partial charge on any atom is -0.345 e. The molecule has 1 saturated carbocycles. The molecule has 0 bridgehead atoms. The van der Waals surface area contributed by atoms with Crippen molar-refractivity contribution in [3.63, 3.8) is 0 Å². The first-order valence-electron chi connectivity index (χ1n) is 8.51. The first kappa shape index (κ1) is 16.8. The molecule has 0 aromatic carbocycles. The Morgan fingerprint density at radius 1 is 1.29 bits per heavy atom. The van der Waals surface area contributed by atoms with Gasteiger partial charge >= 0.3 is 0 Å². The Kier molecular flexibility index (Phi) is 6.06. The Balaban J connectivity index is 2.27. The number of anilines is 1. The van der Waals surface area contributed by atoms with Gasteiger partial charge < -0.3 is 10.2 Å². The number of nitrogens with one attached hydrogen (secondary N) is 1. The van der Waals surface area contributed by atoms with Crippen LogP contribution in [0, 0.1) is 5.92 Å². The summed E-state index contributed by atoms with van der Waals surface area (Å²) in [5.74, 6) is 1.41. The SMILES string of the molecule is CCC(CC)N(CC(C)C)c1nc(C2CC2)c(CNC)s1. The molecule has 0 radical (unpaired) electrons. The predicted octanol–water partition coefficient (Wildman–Crippen LogP) is 4.39. The molecule has 3 nitrogen and oxygen atoms in total. The second-order valence-electron chi connectivity index (χ2n) is 6.63. The smallest absolute Gasteiger partial charge is 0.186 e. The van der Waals surface area contributed by atoms with E-state index in [1.54, 1.807) is 0 Å². The monoisotopic (exact) mass is 309 g/mol. The molecule has 0 unspecified atom stereocenters. The van der Waals surface area contributed by atoms with Crippen molar-refractivity contribution in [2.24, 2.45) is 5.92 Å². The van der Waals surface area contributed by atoms with Crippen molar-refractivity contribution in [1.82, 2.24) is 10.3 Å². The fourth-order valence-corrected chi connectivity index (χ4v) is 4.18. The van der Waals surface area contributed by atoms with Gasteiger partial charge in [0.2, 0.25) is 0 Å². The van der Waals surface area contributed by atoms with E-state index in [0.29, 0.717) is 12.0 Å². The molecule has 1 aromatic rings. The molecule has 0 atom stereocenters. The lowest BCUT2D eigenvalue weighted by atomic mass is 10.1. The molecule has 21 heavy (non-hydrogen) atoms. The van der Waals surface area contributed by atoms with E-state index in [2.05, 4.69) is 37.9 Å². The van der Waals surface area contributed by atoms with E-state index in [0.717, 1.165) is 19.0 Å². The largest absolute Gasteiger partial charge is 0.345 e. The average molecular weight is 310 g/mol. The van der Waals surface area contributed by atoms with E-state index in [4.69, 9.17) is 4.98 Å². The molecule has 1 N–H and O–H groups in total. The molecule has 0 saturated heterocycles. The van der Waals surface area contributed by atoms with E-state index in [9.17, 15) is 0 Å². The van der Waals surface area contributed by atoms with Crippen molar-refractivity contribution in [3.05, 3.63) is 10.6 Å². The molecule has 1 heterocycles. The quantitative estimate of drug-likeness (QED) is 0.733. The highest BCUT2D eigenvalue weighted by molar-refractivity contribution is 7.15. The van der Waals surface area contributed by atoms with E-state index >= 15 is 0 Å². The fourth-order valence-electron chi connectivity index (χ4n) is 2.94. The summed E-state index contributed by atoms with van der Waals surface area (Å²) in [6, 6.07) is 0.619. The van der Waals surface area contributed by atoms with Gasteiger partial charge in [-0.15, -0.1) is 11.3 Å². The lowest BCUT2D eigenvalue weighted by Crippen LogP contribution is -2.37. The molecule has 0 aliphatic heterocycles. The second-order valence-corrected chi connectivity index (χ2v) is 7.69. The van der Waals surface area contributed by atoms with Crippen LogP contribution in [0.3, 0.4) is 0 Å². The Morgan fingerprint density at radius 3 is 2.43 bits per heavy atom. The van der Waals surface area contributed by atoms with Gasteiger partial charge in [-0.25, -0.2) is 4.98 Å². The summed E-state index contributed by atoms with van der Waals surface area (Å²) >= 11 is 1.91. The first-order chi connectivity index (χ1) is 10.1. The van der Waals surface area contributed by atoms with Gasteiger partial charge in [-0.05, 0) is 38.6 Å². The Bertz CT molecular complexity index is 433. The summed E-state index contributed by atoms with van der Waals surface area (Å²) < 4.78 is 0. The van der Waals surface area contributed by atoms with Gasteiger partial charge in [0.05, 0.1) is 5.69 Å². The lowest BCUT2D eigenvalue weighted by molar-refractivity contribution is 0.506. The molecule has 1 fully saturated rings. The van der Waals surface area contributed by atoms with Crippen LogP contribution < -0.4 is 10.2 Å². The number of thiazole rings is 1. The number of nitrogens with zero attached hydrogens (tertiary/aromatic N) is 2. The highest BCUT2D eigenvalue weighted by Crippen LogP contribution is 2.44. The first-order valence-corrected chi connectivity index (χ1v) is 9.33. The maximum Gasteiger partial charge on any atom is 0.186 e. The van der Waals surface area contributed by atoms with Crippen LogP contribution in [-0.4, -0.2) is 24.6 Å². The molecule has 1 aromatic heterocycles. The summed E-state index contributed by atoms with van der Waals surface area (Å²) in [7, 11) is 2.03. The van der Waals surface area contributed by atoms with Crippen LogP contribution in [0.25, 0.3) is 0 Å². The van der Waals surface area contributed by atoms with E-state index in [1.165, 1.54) is 41.4 Å². The summed E-state index contributed by atoms with van der Waals surface area (Å²) in [4.78, 5) is 9.09. The maximum atomic E-state index is 5.07. The van der Waals surface area contributed by atoms with Crippen LogP contribution >= 0.6 is 11.3 Å². The molecule has 1 aliphatic rings. The summed E-state index contributed by atoms with van der Waals surface area (Å²) in [5.41, 5.74) is 1.38. The highest BCUT2D eigenvalue weighted by atomic mass is 32.1. The van der Waals surface area contributed by atoms with Gasteiger partial charge in [0.25, 0.3) is 0 Å². The van der Waals surface area contributed by atoms with Crippen LogP contribution in [0.2, 0.25) is 0 Å². The minimum absolute atomic E-state index is 0.619. The lowest BCUT2D eigenvalue weighted by Gasteiger charge is -2.31. The number of hydrogen-bond acceptors (Lipinski definition) is 4. The second kappa shape index (κ2) is 7.59. The van der Waals surface area contributed by atoms with E-state index in [1.807, 2.05) is 18.4 Å². The maximum absolute atomic E-state index is 5.07. The van der Waals surface area contributed by atoms with Crippen LogP contribution in [0.5, 0.6) is 0 Å². The van der Waals surface area contributed by atoms with Crippen molar-refractivity contribution < 1.29 is 0 Å². The third-order valence-electron chi connectivity index (χ3n) is 4.21. The molecule has 4 heteroatoms. The standard InChI is InChI=1S/C17H31N3S/c1-6-14(7-2)20(11-12(3)4)17-19-16(13-8-9-13)15(21-17)10-18-5/h12-14,18H,6-11H2,1-5H3. The van der Waals surface area contributed by atoms with Crippen molar-refractivity contribution in [2.45, 2.75) is 71.9 Å². The summed E-state index contributed by atoms with van der Waals surface area (Å²) in [6.07, 6.45) is 5.05. The molecule has 120 valence electrons. The normalized spacial score (nSPS) is 15.2. The highest BCUT2D eigenvalue weighted by Gasteiger charge is 2.31. The topological polar surface area (TPSA) is 28.2 Å². The van der Waals surface area contributed by atoms with Gasteiger partial charge in [-0.2, -0.15) is 0 Å². The van der Waals surface area contributed by atoms with Crippen LogP contribution in [0.4, 0.5) is 5.13 Å². The Hall–Kier alpha value is -0.610. The minimum atomic E-state index is 0.619. The van der Waals surface area contributed by atoms with Gasteiger partial charge in [0.15, 0.2) is 5.13 Å². The Morgan fingerprint density at radius 2 is 1.95 bits per heavy atom. The Labute approximate surface area is 134 Å². The molecule has 2 rings (SSSR count). The molecular weight excluding hydrogens is 278 g/mol. The van der Waals surface area contributed by atoms with Gasteiger partial charge in [-0.3, -0.25) is 0 Å². The van der Waals surface area contributed by atoms with Crippen molar-refractivity contribution in [2.75, 3.05) is 18.5 Å². The average Bonchev–Trinajstić information content (AvgIpc) is 3.21. The molecule has 0 amide bonds. The van der Waals surface area contributed by atoms with Gasteiger partial charge in [-0.1, -0.05) is 27.7 Å². The van der Waals surface area contributed by atoms with Crippen LogP contribution in [-0.2, 0) is 6.54 Å². The third-order valence-corrected chi connectivity index (χ3v) is 5.32. The van der Waals surface area contributed by atoms with Crippen molar-refractivity contribution in [1.29, 1.82) is 0 Å². The van der Waals surface area contributed by atoms with Gasteiger partial charge in [0.1, 0.15) is 0 Å². The van der Waals surface area contributed by atoms with Gasteiger partial charge in [0, 0.05) is 29.9 Å². The zero-order valence-electron chi connectivity index (χ0n) is 14.3. The fraction of sp³-hybridized carbons (Fsp3) is 0.824. The third kappa shape index (κ3) is 4.19. The molecule has 0 spiro atoms. The van der Waals surface area contributed by atoms with Crippen molar-refractivity contribution >= 4 is 16.5 Å². The number of aromatic nitrogens is 1.